The van der Waals surface area contributed by atoms with Crippen molar-refractivity contribution >= 4 is 49.8 Å². The Morgan fingerprint density at radius 2 is 0.787 bits per heavy atom. The number of rotatable bonds is 2. The van der Waals surface area contributed by atoms with Gasteiger partial charge in [0.2, 0.25) is 0 Å². The Morgan fingerprint density at radius 1 is 0.447 bits per heavy atom. The summed E-state index contributed by atoms with van der Waals surface area (Å²) in [6.45, 7) is 11.1. The van der Waals surface area contributed by atoms with E-state index in [1.807, 2.05) is 27.7 Å². The van der Waals surface area contributed by atoms with E-state index in [1.54, 1.807) is 0 Å². The summed E-state index contributed by atoms with van der Waals surface area (Å²) in [7, 11) is 0. The van der Waals surface area contributed by atoms with E-state index in [0.29, 0.717) is 0 Å². The zero-order valence-electron chi connectivity index (χ0n) is 27.6. The second-order valence-corrected chi connectivity index (χ2v) is 15.0. The zero-order valence-corrected chi connectivity index (χ0v) is 30.8. The first-order valence-corrected chi connectivity index (χ1v) is 17.7. The summed E-state index contributed by atoms with van der Waals surface area (Å²) in [5.41, 5.74) is 18.8. The smallest absolute Gasteiger partial charge is 0.322 e. The molecule has 0 saturated heterocycles. The van der Waals surface area contributed by atoms with Crippen molar-refractivity contribution in [2.75, 3.05) is 0 Å². The summed E-state index contributed by atoms with van der Waals surface area (Å²) in [6, 6.07) is 39.5. The Bertz CT molecular complexity index is 2010. The van der Waals surface area contributed by atoms with Crippen LogP contribution in [-0.2, 0) is 5.41 Å². The molecular weight excluding hydrogens is 706 g/mol. The SMILES string of the molecule is Brc1ccc2c(c1)-c1ccccc1C21c2ccccc2-c2cc(Br)ccc21.Cc1cc(C)c(B(F)c2c(C)cc(C)cc2C)c(C)c1. The molecule has 0 atom stereocenters. The van der Waals surface area contributed by atoms with Gasteiger partial charge in [-0.3, -0.25) is 0 Å². The maximum atomic E-state index is 15.2. The van der Waals surface area contributed by atoms with Gasteiger partial charge in [-0.25, -0.2) is 0 Å². The third-order valence-electron chi connectivity index (χ3n) is 10.00. The number of fused-ring (bicyclic) bond motifs is 10. The van der Waals surface area contributed by atoms with Gasteiger partial charge in [0.15, 0.2) is 0 Å². The van der Waals surface area contributed by atoms with Crippen LogP contribution in [0.3, 0.4) is 0 Å². The first kappa shape index (κ1) is 31.9. The van der Waals surface area contributed by atoms with Gasteiger partial charge in [-0.2, -0.15) is 0 Å². The van der Waals surface area contributed by atoms with E-state index in [0.717, 1.165) is 42.1 Å². The molecule has 0 aliphatic heterocycles. The van der Waals surface area contributed by atoms with E-state index >= 15 is 4.32 Å². The molecule has 0 fully saturated rings. The lowest BCUT2D eigenvalue weighted by molar-refractivity contribution is 0.793. The summed E-state index contributed by atoms with van der Waals surface area (Å²) >= 11 is 7.36. The van der Waals surface area contributed by atoms with Crippen LogP contribution in [-0.4, -0.2) is 6.99 Å². The van der Waals surface area contributed by atoms with Crippen LogP contribution in [0, 0.1) is 41.5 Å². The van der Waals surface area contributed by atoms with E-state index in [4.69, 9.17) is 0 Å². The Hall–Kier alpha value is -3.73. The van der Waals surface area contributed by atoms with Crippen LogP contribution in [0.2, 0.25) is 0 Å². The highest BCUT2D eigenvalue weighted by molar-refractivity contribution is 9.10. The summed E-state index contributed by atoms with van der Waals surface area (Å²) < 4.78 is 17.4. The molecule has 0 bridgehead atoms. The van der Waals surface area contributed by atoms with Crippen LogP contribution in [0.1, 0.15) is 55.6 Å². The van der Waals surface area contributed by atoms with Gasteiger partial charge >= 0.3 is 6.99 Å². The van der Waals surface area contributed by atoms with Gasteiger partial charge in [-0.1, -0.05) is 150 Å². The molecule has 4 heteroatoms. The molecule has 47 heavy (non-hydrogen) atoms. The second-order valence-electron chi connectivity index (χ2n) is 13.2. The Morgan fingerprint density at radius 3 is 1.17 bits per heavy atom. The fraction of sp³-hybridized carbons (Fsp3) is 0.163. The molecule has 2 aliphatic carbocycles. The fourth-order valence-electron chi connectivity index (χ4n) is 8.42. The quantitative estimate of drug-likeness (QED) is 0.155. The summed E-state index contributed by atoms with van der Waals surface area (Å²) in [4.78, 5) is 0. The third-order valence-corrected chi connectivity index (χ3v) is 11.0. The lowest BCUT2D eigenvalue weighted by Gasteiger charge is -2.30. The van der Waals surface area contributed by atoms with Crippen LogP contribution < -0.4 is 10.9 Å². The summed E-state index contributed by atoms with van der Waals surface area (Å²) in [5.74, 6) is 0. The van der Waals surface area contributed by atoms with Crippen molar-refractivity contribution in [2.24, 2.45) is 0 Å². The van der Waals surface area contributed by atoms with Gasteiger partial charge < -0.3 is 4.32 Å². The second kappa shape index (κ2) is 12.1. The minimum atomic E-state index is -1.05. The average molecular weight is 742 g/mol. The summed E-state index contributed by atoms with van der Waals surface area (Å²) in [6.07, 6.45) is 0. The van der Waals surface area contributed by atoms with Crippen molar-refractivity contribution in [3.05, 3.63) is 174 Å². The first-order valence-electron chi connectivity index (χ1n) is 16.1. The topological polar surface area (TPSA) is 0 Å². The zero-order chi connectivity index (χ0) is 33.2. The standard InChI is InChI=1S/C25H14Br2.C18H22BF/c26-15-9-11-23-19(13-15)17-5-1-3-7-21(17)25(23)22-8-4-2-6-18(22)20-14-16(27)10-12-24(20)25;1-11-7-13(3)17(14(4)8-11)19(20)18-15(5)9-12(2)10-16(18)6/h1-14H;7-10H,1-6H3. The third kappa shape index (κ3) is 5.07. The lowest BCUT2D eigenvalue weighted by Crippen LogP contribution is -2.44. The van der Waals surface area contributed by atoms with E-state index in [-0.39, 0.29) is 5.41 Å². The first-order chi connectivity index (χ1) is 22.5. The molecule has 2 aliphatic rings. The van der Waals surface area contributed by atoms with E-state index in [2.05, 4.69) is 155 Å². The van der Waals surface area contributed by atoms with E-state index < -0.39 is 6.99 Å². The molecule has 6 aromatic rings. The van der Waals surface area contributed by atoms with Gasteiger partial charge in [0, 0.05) is 8.95 Å². The lowest BCUT2D eigenvalue weighted by atomic mass is 9.53. The molecule has 0 heterocycles. The van der Waals surface area contributed by atoms with Gasteiger partial charge in [-0.15, -0.1) is 0 Å². The number of aryl methyl sites for hydroxylation is 6. The molecule has 0 saturated carbocycles. The number of halogens is 3. The van der Waals surface area contributed by atoms with Gasteiger partial charge in [0.05, 0.1) is 5.41 Å². The number of hydrogen-bond donors (Lipinski definition) is 0. The van der Waals surface area contributed by atoms with E-state index in [9.17, 15) is 0 Å². The Labute approximate surface area is 295 Å². The minimum absolute atomic E-state index is 0.237. The molecule has 0 amide bonds. The fourth-order valence-corrected chi connectivity index (χ4v) is 9.14. The van der Waals surface area contributed by atoms with Crippen LogP contribution in [0.4, 0.5) is 4.32 Å². The van der Waals surface area contributed by atoms with Crippen molar-refractivity contribution in [1.29, 1.82) is 0 Å². The van der Waals surface area contributed by atoms with Gasteiger partial charge in [0.1, 0.15) is 0 Å². The Kier molecular flexibility index (Phi) is 8.17. The van der Waals surface area contributed by atoms with Crippen molar-refractivity contribution in [2.45, 2.75) is 47.0 Å². The maximum absolute atomic E-state index is 15.2. The molecule has 0 aromatic heterocycles. The van der Waals surface area contributed by atoms with Crippen LogP contribution in [0.5, 0.6) is 0 Å². The summed E-state index contributed by atoms with van der Waals surface area (Å²) in [5, 5.41) is 0. The van der Waals surface area contributed by atoms with Crippen molar-refractivity contribution in [3.8, 4) is 22.3 Å². The maximum Gasteiger partial charge on any atom is 0.414 e. The van der Waals surface area contributed by atoms with Crippen LogP contribution in [0.25, 0.3) is 22.3 Å². The number of hydrogen-bond acceptors (Lipinski definition) is 0. The van der Waals surface area contributed by atoms with Crippen LogP contribution >= 0.6 is 31.9 Å². The highest BCUT2D eigenvalue weighted by Gasteiger charge is 2.51. The highest BCUT2D eigenvalue weighted by Crippen LogP contribution is 2.63. The van der Waals surface area contributed by atoms with Crippen molar-refractivity contribution in [3.63, 3.8) is 0 Å². The molecule has 0 nitrogen and oxygen atoms in total. The monoisotopic (exact) mass is 740 g/mol. The molecule has 1 spiro atoms. The number of benzene rings is 6. The molecule has 0 N–H and O–H groups in total. The van der Waals surface area contributed by atoms with E-state index in [1.165, 1.54) is 55.6 Å². The Balaban J connectivity index is 0.000000158. The predicted octanol–water partition coefficient (Wildman–Crippen LogP) is 11.2. The van der Waals surface area contributed by atoms with Gasteiger partial charge in [-0.05, 0) is 121 Å². The molecule has 6 aromatic carbocycles. The van der Waals surface area contributed by atoms with Crippen LogP contribution in [0.15, 0.2) is 118 Å². The van der Waals surface area contributed by atoms with Crippen molar-refractivity contribution < 1.29 is 4.32 Å². The minimum Gasteiger partial charge on any atom is -0.322 e. The molecule has 0 unspecified atom stereocenters. The normalized spacial score (nSPS) is 13.0. The van der Waals surface area contributed by atoms with Gasteiger partial charge in [0.25, 0.3) is 0 Å². The van der Waals surface area contributed by atoms with Crippen molar-refractivity contribution in [1.82, 2.24) is 0 Å². The molecule has 0 radical (unpaired) electrons. The average Bonchev–Trinajstić information content (AvgIpc) is 3.46. The molecule has 8 rings (SSSR count). The molecule has 232 valence electrons. The molecular formula is C43H36BBr2F. The predicted molar refractivity (Wildman–Crippen MR) is 206 cm³/mol. The largest absolute Gasteiger partial charge is 0.414 e. The highest BCUT2D eigenvalue weighted by atomic mass is 79.9.